The topological polar surface area (TPSA) is 6.48 Å². The molecule has 5 heteroatoms. The van der Waals surface area contributed by atoms with E-state index >= 15 is 0 Å². The first-order valence-electron chi connectivity index (χ1n) is 9.44. The fraction of sp³-hybridized carbons (Fsp3) is 0.889. The summed E-state index contributed by atoms with van der Waals surface area (Å²) in [5.74, 6) is 0. The average molecular weight is 373 g/mol. The molecule has 0 radical (unpaired) electrons. The molecule has 0 bridgehead atoms. The molecule has 2 nitrogen and oxygen atoms in total. The first-order valence-corrected chi connectivity index (χ1v) is 19.8. The minimum Gasteiger partial charge on any atom is -0.346 e. The zero-order valence-electron chi connectivity index (χ0n) is 17.6. The van der Waals surface area contributed by atoms with E-state index in [2.05, 4.69) is 80.4 Å². The zero-order chi connectivity index (χ0) is 18.3. The van der Waals surface area contributed by atoms with Crippen LogP contribution >= 0.6 is 0 Å². The first-order chi connectivity index (χ1) is 10.3. The molecule has 0 aliphatic carbocycles. The Morgan fingerprint density at radius 1 is 0.652 bits per heavy atom. The van der Waals surface area contributed by atoms with Gasteiger partial charge in [-0.15, -0.1) is 6.58 Å². The summed E-state index contributed by atoms with van der Waals surface area (Å²) in [5.41, 5.74) is 0. The molecule has 0 aromatic carbocycles. The Morgan fingerprint density at radius 2 is 1.09 bits per heavy atom. The molecule has 0 aromatic heterocycles. The minimum absolute atomic E-state index is 1.06. The van der Waals surface area contributed by atoms with Crippen molar-refractivity contribution < 1.29 is 0 Å². The van der Waals surface area contributed by atoms with Crippen LogP contribution in [0.3, 0.4) is 0 Å². The van der Waals surface area contributed by atoms with Crippen molar-refractivity contribution in [2.24, 2.45) is 0 Å². The Bertz CT molecular complexity index is 324. The van der Waals surface area contributed by atoms with Gasteiger partial charge in [0.05, 0.1) is 0 Å². The van der Waals surface area contributed by atoms with Crippen LogP contribution in [0.1, 0.15) is 25.7 Å². The molecule has 0 rings (SSSR count). The van der Waals surface area contributed by atoms with Crippen molar-refractivity contribution in [1.82, 2.24) is 8.80 Å². The molecule has 23 heavy (non-hydrogen) atoms. The van der Waals surface area contributed by atoms with E-state index in [9.17, 15) is 0 Å². The molecular formula is C18H44N2Si3. The predicted octanol–water partition coefficient (Wildman–Crippen LogP) is 5.84. The number of rotatable bonds is 12. The quantitative estimate of drug-likeness (QED) is 0.241. The van der Waals surface area contributed by atoms with Crippen molar-refractivity contribution in [3.8, 4) is 0 Å². The van der Waals surface area contributed by atoms with Gasteiger partial charge in [-0.1, -0.05) is 77.8 Å². The number of hydrogen-bond donors (Lipinski definition) is 0. The lowest BCUT2D eigenvalue weighted by Gasteiger charge is -2.43. The van der Waals surface area contributed by atoms with Crippen LogP contribution in [0.2, 0.25) is 58.9 Å². The highest BCUT2D eigenvalue weighted by atomic mass is 28.4. The van der Waals surface area contributed by atoms with Crippen molar-refractivity contribution in [3.05, 3.63) is 12.7 Å². The third kappa shape index (κ3) is 10.0. The fourth-order valence-corrected chi connectivity index (χ4v) is 14.7. The maximum atomic E-state index is 3.92. The third-order valence-corrected chi connectivity index (χ3v) is 14.5. The Balaban J connectivity index is 4.15. The monoisotopic (exact) mass is 372 g/mol. The average Bonchev–Trinajstić information content (AvgIpc) is 2.31. The van der Waals surface area contributed by atoms with E-state index in [1.54, 1.807) is 0 Å². The second kappa shape index (κ2) is 9.71. The van der Waals surface area contributed by atoms with Crippen LogP contribution in [0.15, 0.2) is 12.7 Å². The van der Waals surface area contributed by atoms with Crippen LogP contribution in [-0.2, 0) is 0 Å². The summed E-state index contributed by atoms with van der Waals surface area (Å²) in [6.07, 6.45) is 7.56. The number of unbranched alkanes of at least 4 members (excludes halogenated alkanes) is 3. The third-order valence-electron chi connectivity index (χ3n) is 4.48. The summed E-state index contributed by atoms with van der Waals surface area (Å²) in [7, 11) is -3.50. The second-order valence-electron chi connectivity index (χ2n) is 9.81. The predicted molar refractivity (Wildman–Crippen MR) is 117 cm³/mol. The maximum Gasteiger partial charge on any atom is 0.119 e. The normalized spacial score (nSPS) is 13.9. The van der Waals surface area contributed by atoms with Crippen LogP contribution in [-0.4, -0.2) is 53.1 Å². The Kier molecular flexibility index (Phi) is 9.84. The van der Waals surface area contributed by atoms with Gasteiger partial charge in [0.25, 0.3) is 0 Å². The van der Waals surface area contributed by atoms with E-state index in [0.717, 1.165) is 6.54 Å². The Labute approximate surface area is 150 Å². The van der Waals surface area contributed by atoms with E-state index in [0.29, 0.717) is 0 Å². The van der Waals surface area contributed by atoms with Crippen LogP contribution in [0.5, 0.6) is 0 Å². The van der Waals surface area contributed by atoms with E-state index in [1.165, 1.54) is 38.8 Å². The molecular weight excluding hydrogens is 328 g/mol. The molecule has 138 valence electrons. The summed E-state index contributed by atoms with van der Waals surface area (Å²) in [5, 5.41) is 0. The van der Waals surface area contributed by atoms with Crippen LogP contribution in [0, 0.1) is 0 Å². The Morgan fingerprint density at radius 3 is 1.43 bits per heavy atom. The van der Waals surface area contributed by atoms with Crippen molar-refractivity contribution in [3.63, 3.8) is 0 Å². The van der Waals surface area contributed by atoms with Gasteiger partial charge in [0.1, 0.15) is 24.7 Å². The first kappa shape index (κ1) is 23.3. The lowest BCUT2D eigenvalue weighted by Crippen LogP contribution is -2.59. The van der Waals surface area contributed by atoms with Crippen molar-refractivity contribution >= 4 is 24.7 Å². The van der Waals surface area contributed by atoms with E-state index in [-0.39, 0.29) is 0 Å². The minimum atomic E-state index is -1.18. The smallest absolute Gasteiger partial charge is 0.119 e. The van der Waals surface area contributed by atoms with Gasteiger partial charge in [-0.25, -0.2) is 0 Å². The van der Waals surface area contributed by atoms with Gasteiger partial charge in [0, 0.05) is 6.54 Å². The second-order valence-corrected chi connectivity index (χ2v) is 25.0. The highest BCUT2D eigenvalue weighted by Crippen LogP contribution is 2.21. The summed E-state index contributed by atoms with van der Waals surface area (Å²) in [6.45, 7) is 29.9. The summed E-state index contributed by atoms with van der Waals surface area (Å²) in [4.78, 5) is 0. The molecule has 0 atom stereocenters. The molecule has 0 saturated carbocycles. The van der Waals surface area contributed by atoms with Gasteiger partial charge < -0.3 is 8.80 Å². The summed E-state index contributed by atoms with van der Waals surface area (Å²) >= 11 is 0. The maximum absolute atomic E-state index is 3.92. The van der Waals surface area contributed by atoms with Gasteiger partial charge in [0.2, 0.25) is 0 Å². The number of nitrogens with zero attached hydrogens (tertiary/aromatic N) is 2. The molecule has 0 fully saturated rings. The Hall–Kier alpha value is 0.311. The van der Waals surface area contributed by atoms with Gasteiger partial charge >= 0.3 is 0 Å². The van der Waals surface area contributed by atoms with Crippen LogP contribution in [0.4, 0.5) is 0 Å². The number of hydrogen-bond acceptors (Lipinski definition) is 2. The molecule has 0 saturated heterocycles. The molecule has 0 N–H and O–H groups in total. The van der Waals surface area contributed by atoms with E-state index in [4.69, 9.17) is 0 Å². The van der Waals surface area contributed by atoms with E-state index < -0.39 is 24.7 Å². The van der Waals surface area contributed by atoms with Gasteiger partial charge in [-0.2, -0.15) is 0 Å². The van der Waals surface area contributed by atoms with Crippen LogP contribution in [0.25, 0.3) is 0 Å². The SMILES string of the molecule is C=CCN(CCCCCCN([Si](C)(C)C)[Si](C)(C)C)[Si](C)(C)C. The van der Waals surface area contributed by atoms with Gasteiger partial charge in [-0.05, 0) is 25.9 Å². The highest BCUT2D eigenvalue weighted by molar-refractivity contribution is 6.89. The lowest BCUT2D eigenvalue weighted by atomic mass is 10.2. The van der Waals surface area contributed by atoms with Crippen molar-refractivity contribution in [2.75, 3.05) is 19.6 Å². The molecule has 0 aromatic rings. The fourth-order valence-electron chi connectivity index (χ4n) is 3.46. The standard InChI is InChI=1S/C18H44N2Si3/c1-11-16-19(21(2,3)4)17-14-12-13-15-18-20(22(5,6)7)23(8,9)10/h11H,1,12-18H2,2-10H3. The molecule has 0 heterocycles. The van der Waals surface area contributed by atoms with Crippen molar-refractivity contribution in [1.29, 1.82) is 0 Å². The molecule has 0 unspecified atom stereocenters. The molecule has 0 amide bonds. The zero-order valence-corrected chi connectivity index (χ0v) is 20.6. The molecule has 0 aliphatic heterocycles. The van der Waals surface area contributed by atoms with Crippen molar-refractivity contribution in [2.45, 2.75) is 84.6 Å². The van der Waals surface area contributed by atoms with Gasteiger partial charge in [-0.3, -0.25) is 0 Å². The summed E-state index contributed by atoms with van der Waals surface area (Å²) in [6, 6.07) is 0. The van der Waals surface area contributed by atoms with E-state index in [1.807, 2.05) is 0 Å². The molecule has 0 spiro atoms. The highest BCUT2D eigenvalue weighted by Gasteiger charge is 2.33. The van der Waals surface area contributed by atoms with Gasteiger partial charge in [0.15, 0.2) is 0 Å². The lowest BCUT2D eigenvalue weighted by molar-refractivity contribution is 0.435. The summed E-state index contributed by atoms with van der Waals surface area (Å²) < 4.78 is 5.60. The largest absolute Gasteiger partial charge is 0.346 e. The van der Waals surface area contributed by atoms with Crippen LogP contribution < -0.4 is 0 Å². The molecule has 0 aliphatic rings.